The molecule has 0 aliphatic carbocycles. The molecule has 0 saturated carbocycles. The molecule has 0 radical (unpaired) electrons. The van der Waals surface area contributed by atoms with E-state index in [9.17, 15) is 0 Å². The van der Waals surface area contributed by atoms with E-state index in [-0.39, 0.29) is 0 Å². The van der Waals surface area contributed by atoms with Gasteiger partial charge in [-0.1, -0.05) is 41.4 Å². The van der Waals surface area contributed by atoms with Gasteiger partial charge in [0.1, 0.15) is 0 Å². The Balaban J connectivity index is 1.99. The van der Waals surface area contributed by atoms with Gasteiger partial charge < -0.3 is 0 Å². The van der Waals surface area contributed by atoms with Gasteiger partial charge >= 0.3 is 0 Å². The second kappa shape index (κ2) is 5.83. The third-order valence-electron chi connectivity index (χ3n) is 3.52. The molecule has 16 heavy (non-hydrogen) atoms. The Bertz CT molecular complexity index is 320. The maximum Gasteiger partial charge on any atom is 0.0236 e. The lowest BCUT2D eigenvalue weighted by Gasteiger charge is -2.35. The van der Waals surface area contributed by atoms with E-state index in [0.717, 1.165) is 12.6 Å². The summed E-state index contributed by atoms with van der Waals surface area (Å²) in [5.41, 5.74) is 1.43. The summed E-state index contributed by atoms with van der Waals surface area (Å²) in [6.45, 7) is 4.70. The summed E-state index contributed by atoms with van der Waals surface area (Å²) in [5, 5.41) is 0. The Morgan fingerprint density at radius 3 is 2.69 bits per heavy atom. The lowest BCUT2D eigenvalue weighted by molar-refractivity contribution is 0.136. The molecule has 1 aromatic carbocycles. The number of piperidine rings is 1. The molecule has 0 N–H and O–H groups in total. The Morgan fingerprint density at radius 1 is 1.25 bits per heavy atom. The fraction of sp³-hybridized carbons (Fsp3) is 0.571. The van der Waals surface area contributed by atoms with Crippen molar-refractivity contribution in [2.75, 3.05) is 6.54 Å². The van der Waals surface area contributed by atoms with Crippen molar-refractivity contribution >= 4 is 15.9 Å². The van der Waals surface area contributed by atoms with Gasteiger partial charge in [0.15, 0.2) is 0 Å². The van der Waals surface area contributed by atoms with Crippen molar-refractivity contribution in [2.45, 2.75) is 45.2 Å². The van der Waals surface area contributed by atoms with Crippen molar-refractivity contribution in [1.29, 1.82) is 0 Å². The molecule has 1 heterocycles. The monoisotopic (exact) mass is 281 g/mol. The van der Waals surface area contributed by atoms with Crippen molar-refractivity contribution < 1.29 is 0 Å². The van der Waals surface area contributed by atoms with E-state index >= 15 is 0 Å². The summed E-state index contributed by atoms with van der Waals surface area (Å²) in [5.74, 6) is 0. The van der Waals surface area contributed by atoms with Gasteiger partial charge in [0.25, 0.3) is 0 Å². The van der Waals surface area contributed by atoms with Crippen LogP contribution in [0, 0.1) is 0 Å². The van der Waals surface area contributed by atoms with Crippen LogP contribution in [0.15, 0.2) is 28.7 Å². The quantitative estimate of drug-likeness (QED) is 0.802. The standard InChI is InChI=1S/C14H20BrN/c1-2-14-5-3-4-10-16(14)11-12-6-8-13(15)9-7-12/h6-9,14H,2-5,10-11H2,1H3/t14-/m0/s1. The number of likely N-dealkylation sites (tertiary alicyclic amines) is 1. The molecule has 1 nitrogen and oxygen atoms in total. The third-order valence-corrected chi connectivity index (χ3v) is 4.05. The van der Waals surface area contributed by atoms with E-state index in [4.69, 9.17) is 0 Å². The number of rotatable bonds is 3. The average Bonchev–Trinajstić information content (AvgIpc) is 2.33. The van der Waals surface area contributed by atoms with Crippen molar-refractivity contribution in [3.63, 3.8) is 0 Å². The van der Waals surface area contributed by atoms with Crippen LogP contribution < -0.4 is 0 Å². The van der Waals surface area contributed by atoms with E-state index in [1.165, 1.54) is 42.3 Å². The van der Waals surface area contributed by atoms with Crippen molar-refractivity contribution in [3.8, 4) is 0 Å². The van der Waals surface area contributed by atoms with Crippen molar-refractivity contribution in [2.24, 2.45) is 0 Å². The van der Waals surface area contributed by atoms with Crippen LogP contribution in [0.5, 0.6) is 0 Å². The van der Waals surface area contributed by atoms with Gasteiger partial charge in [-0.3, -0.25) is 4.90 Å². The molecule has 1 aliphatic heterocycles. The fourth-order valence-corrected chi connectivity index (χ4v) is 2.82. The van der Waals surface area contributed by atoms with Crippen LogP contribution in [0.25, 0.3) is 0 Å². The first-order valence-corrected chi connectivity index (χ1v) is 7.07. The maximum atomic E-state index is 3.48. The lowest BCUT2D eigenvalue weighted by Crippen LogP contribution is -2.38. The predicted molar refractivity (Wildman–Crippen MR) is 72.5 cm³/mol. The Kier molecular flexibility index (Phi) is 4.42. The Hall–Kier alpha value is -0.340. The zero-order chi connectivity index (χ0) is 11.4. The van der Waals surface area contributed by atoms with E-state index in [1.54, 1.807) is 0 Å². The van der Waals surface area contributed by atoms with Crippen LogP contribution >= 0.6 is 15.9 Å². The first-order chi connectivity index (χ1) is 7.79. The second-order valence-corrected chi connectivity index (χ2v) is 5.57. The van der Waals surface area contributed by atoms with Crippen LogP contribution in [0.2, 0.25) is 0 Å². The third kappa shape index (κ3) is 3.08. The SMILES string of the molecule is CC[C@H]1CCCCN1Cc1ccc(Br)cc1. The van der Waals surface area contributed by atoms with Crippen molar-refractivity contribution in [3.05, 3.63) is 34.3 Å². The normalized spacial score (nSPS) is 22.2. The minimum Gasteiger partial charge on any atom is -0.296 e. The lowest BCUT2D eigenvalue weighted by atomic mass is 9.99. The van der Waals surface area contributed by atoms with Gasteiger partial charge in [-0.05, 0) is 43.5 Å². The van der Waals surface area contributed by atoms with Gasteiger partial charge in [0, 0.05) is 17.1 Å². The van der Waals surface area contributed by atoms with Crippen LogP contribution in [0.1, 0.15) is 38.2 Å². The maximum absolute atomic E-state index is 3.48. The molecule has 0 aromatic heterocycles. The number of hydrogen-bond acceptors (Lipinski definition) is 1. The highest BCUT2D eigenvalue weighted by Gasteiger charge is 2.20. The predicted octanol–water partition coefficient (Wildman–Crippen LogP) is 4.21. The minimum atomic E-state index is 0.803. The molecule has 0 bridgehead atoms. The minimum absolute atomic E-state index is 0.803. The zero-order valence-electron chi connectivity index (χ0n) is 9.95. The second-order valence-electron chi connectivity index (χ2n) is 4.65. The van der Waals surface area contributed by atoms with E-state index in [1.807, 2.05) is 0 Å². The largest absolute Gasteiger partial charge is 0.296 e. The van der Waals surface area contributed by atoms with Gasteiger partial charge in [0.05, 0.1) is 0 Å². The van der Waals surface area contributed by atoms with Gasteiger partial charge in [-0.25, -0.2) is 0 Å². The summed E-state index contributed by atoms with van der Waals surface area (Å²) in [6.07, 6.45) is 5.45. The molecule has 2 heteroatoms. The van der Waals surface area contributed by atoms with Crippen LogP contribution in [-0.4, -0.2) is 17.5 Å². The van der Waals surface area contributed by atoms with Crippen LogP contribution in [-0.2, 0) is 6.54 Å². The van der Waals surface area contributed by atoms with Gasteiger partial charge in [-0.15, -0.1) is 0 Å². The van der Waals surface area contributed by atoms with Crippen molar-refractivity contribution in [1.82, 2.24) is 4.90 Å². The molecular weight excluding hydrogens is 262 g/mol. The molecule has 1 aliphatic rings. The molecule has 88 valence electrons. The molecule has 1 saturated heterocycles. The van der Waals surface area contributed by atoms with Gasteiger partial charge in [-0.2, -0.15) is 0 Å². The van der Waals surface area contributed by atoms with Gasteiger partial charge in [0.2, 0.25) is 0 Å². The summed E-state index contributed by atoms with van der Waals surface area (Å²) >= 11 is 3.48. The highest BCUT2D eigenvalue weighted by atomic mass is 79.9. The average molecular weight is 282 g/mol. The zero-order valence-corrected chi connectivity index (χ0v) is 11.5. The Morgan fingerprint density at radius 2 is 2.00 bits per heavy atom. The molecule has 0 unspecified atom stereocenters. The van der Waals surface area contributed by atoms with E-state index in [0.29, 0.717) is 0 Å². The Labute approximate surface area is 107 Å². The molecular formula is C14H20BrN. The van der Waals surface area contributed by atoms with Crippen LogP contribution in [0.4, 0.5) is 0 Å². The number of nitrogens with zero attached hydrogens (tertiary/aromatic N) is 1. The van der Waals surface area contributed by atoms with E-state index in [2.05, 4.69) is 52.0 Å². The molecule has 2 rings (SSSR count). The summed E-state index contributed by atoms with van der Waals surface area (Å²) in [7, 11) is 0. The molecule has 1 fully saturated rings. The summed E-state index contributed by atoms with van der Waals surface area (Å²) in [6, 6.07) is 9.54. The molecule has 1 aromatic rings. The van der Waals surface area contributed by atoms with E-state index < -0.39 is 0 Å². The summed E-state index contributed by atoms with van der Waals surface area (Å²) in [4.78, 5) is 2.65. The first-order valence-electron chi connectivity index (χ1n) is 6.28. The number of halogens is 1. The highest BCUT2D eigenvalue weighted by Crippen LogP contribution is 2.22. The molecule has 0 amide bonds. The first kappa shape index (κ1) is 12.1. The fourth-order valence-electron chi connectivity index (χ4n) is 2.55. The molecule has 1 atom stereocenters. The highest BCUT2D eigenvalue weighted by molar-refractivity contribution is 9.10. The number of hydrogen-bond donors (Lipinski definition) is 0. The summed E-state index contributed by atoms with van der Waals surface area (Å²) < 4.78 is 1.17. The molecule has 0 spiro atoms. The topological polar surface area (TPSA) is 3.24 Å². The smallest absolute Gasteiger partial charge is 0.0236 e. The number of benzene rings is 1. The van der Waals surface area contributed by atoms with Crippen LogP contribution in [0.3, 0.4) is 0 Å².